The minimum Gasteiger partial charge on any atom is -0.493 e. The van der Waals surface area contributed by atoms with E-state index < -0.39 is 9.84 Å². The fourth-order valence-corrected chi connectivity index (χ4v) is 6.57. The van der Waals surface area contributed by atoms with Gasteiger partial charge in [0, 0.05) is 11.3 Å². The standard InChI is InChI=1S/C28H30N4O5S/c1-5-18-6-9-20(10-7-18)29-28(33)22-15-23(19-8-11-24(36-3)25(14-19)37-4)30-27-26(22)17(2)31-32(27)21-12-13-38(34,35)16-21/h6-11,14-15,21H,5,12-13,16H2,1-4H3,(H,29,33). The Bertz CT molecular complexity index is 1630. The molecule has 1 N–H and O–H groups in total. The summed E-state index contributed by atoms with van der Waals surface area (Å²) in [5.74, 6) is 0.902. The van der Waals surface area contributed by atoms with Crippen molar-refractivity contribution in [1.29, 1.82) is 0 Å². The molecule has 0 spiro atoms. The first-order chi connectivity index (χ1) is 18.2. The monoisotopic (exact) mass is 534 g/mol. The summed E-state index contributed by atoms with van der Waals surface area (Å²) in [5, 5.41) is 8.27. The van der Waals surface area contributed by atoms with Gasteiger partial charge in [-0.15, -0.1) is 0 Å². The maximum Gasteiger partial charge on any atom is 0.256 e. The second-order valence-corrected chi connectivity index (χ2v) is 11.6. The van der Waals surface area contributed by atoms with E-state index in [2.05, 4.69) is 17.3 Å². The number of ether oxygens (including phenoxy) is 2. The Morgan fingerprint density at radius 2 is 1.82 bits per heavy atom. The third-order valence-corrected chi connectivity index (χ3v) is 8.69. The van der Waals surface area contributed by atoms with Gasteiger partial charge in [0.2, 0.25) is 0 Å². The normalized spacial score (nSPS) is 16.5. The van der Waals surface area contributed by atoms with Crippen LogP contribution in [0.2, 0.25) is 0 Å². The summed E-state index contributed by atoms with van der Waals surface area (Å²) in [6.45, 7) is 3.89. The Morgan fingerprint density at radius 1 is 1.08 bits per heavy atom. The number of anilines is 1. The molecule has 38 heavy (non-hydrogen) atoms. The fourth-order valence-electron chi connectivity index (χ4n) is 4.88. The van der Waals surface area contributed by atoms with Crippen molar-refractivity contribution in [2.45, 2.75) is 32.7 Å². The minimum absolute atomic E-state index is 0.00318. The number of hydrogen-bond donors (Lipinski definition) is 1. The molecule has 5 rings (SSSR count). The highest BCUT2D eigenvalue weighted by Gasteiger charge is 2.32. The molecule has 1 saturated heterocycles. The summed E-state index contributed by atoms with van der Waals surface area (Å²) in [4.78, 5) is 18.6. The third kappa shape index (κ3) is 4.83. The van der Waals surface area contributed by atoms with Crippen LogP contribution in [0.4, 0.5) is 5.69 Å². The average Bonchev–Trinajstić information content (AvgIpc) is 3.46. The van der Waals surface area contributed by atoms with Gasteiger partial charge in [-0.05, 0) is 61.7 Å². The molecule has 2 aromatic carbocycles. The number of rotatable bonds is 7. The van der Waals surface area contributed by atoms with E-state index in [0.29, 0.717) is 51.6 Å². The van der Waals surface area contributed by atoms with Gasteiger partial charge < -0.3 is 14.8 Å². The van der Waals surface area contributed by atoms with Crippen LogP contribution in [-0.4, -0.2) is 54.8 Å². The highest BCUT2D eigenvalue weighted by atomic mass is 32.2. The third-order valence-electron chi connectivity index (χ3n) is 6.94. The molecule has 9 nitrogen and oxygen atoms in total. The zero-order valence-electron chi connectivity index (χ0n) is 21.8. The van der Waals surface area contributed by atoms with Crippen LogP contribution in [0.1, 0.15) is 41.0 Å². The maximum absolute atomic E-state index is 13.7. The van der Waals surface area contributed by atoms with Crippen molar-refractivity contribution < 1.29 is 22.7 Å². The Kier molecular flexibility index (Phi) is 6.83. The highest BCUT2D eigenvalue weighted by Crippen LogP contribution is 2.35. The Balaban J connectivity index is 1.66. The van der Waals surface area contributed by atoms with Crippen molar-refractivity contribution in [3.05, 3.63) is 65.4 Å². The number of hydrogen-bond acceptors (Lipinski definition) is 7. The number of benzene rings is 2. The predicted molar refractivity (Wildman–Crippen MR) is 147 cm³/mol. The highest BCUT2D eigenvalue weighted by molar-refractivity contribution is 7.91. The number of sulfone groups is 1. The van der Waals surface area contributed by atoms with Gasteiger partial charge in [-0.3, -0.25) is 4.79 Å². The van der Waals surface area contributed by atoms with Crippen molar-refractivity contribution in [3.63, 3.8) is 0 Å². The van der Waals surface area contributed by atoms with Gasteiger partial charge in [-0.2, -0.15) is 5.10 Å². The molecular weight excluding hydrogens is 504 g/mol. The number of carbonyl (C=O) groups is 1. The number of amides is 1. The van der Waals surface area contributed by atoms with Gasteiger partial charge in [0.15, 0.2) is 27.0 Å². The van der Waals surface area contributed by atoms with Crippen molar-refractivity contribution in [2.24, 2.45) is 0 Å². The second kappa shape index (κ2) is 10.1. The van der Waals surface area contributed by atoms with Crippen molar-refractivity contribution in [2.75, 3.05) is 31.0 Å². The van der Waals surface area contributed by atoms with E-state index >= 15 is 0 Å². The number of aryl methyl sites for hydroxylation is 2. The molecule has 10 heteroatoms. The summed E-state index contributed by atoms with van der Waals surface area (Å²) in [6, 6.07) is 14.5. The zero-order chi connectivity index (χ0) is 27.0. The first-order valence-corrected chi connectivity index (χ1v) is 14.3. The largest absolute Gasteiger partial charge is 0.493 e. The molecule has 4 aromatic rings. The van der Waals surface area contributed by atoms with E-state index in [4.69, 9.17) is 14.5 Å². The van der Waals surface area contributed by atoms with E-state index in [1.807, 2.05) is 37.3 Å². The van der Waals surface area contributed by atoms with Crippen LogP contribution in [0.3, 0.4) is 0 Å². The van der Waals surface area contributed by atoms with E-state index in [1.165, 1.54) is 5.56 Å². The summed E-state index contributed by atoms with van der Waals surface area (Å²) >= 11 is 0. The number of nitrogens with one attached hydrogen (secondary N) is 1. The van der Waals surface area contributed by atoms with Crippen LogP contribution in [-0.2, 0) is 16.3 Å². The van der Waals surface area contributed by atoms with Gasteiger partial charge in [-0.1, -0.05) is 19.1 Å². The number of carbonyl (C=O) groups excluding carboxylic acids is 1. The fraction of sp³-hybridized carbons (Fsp3) is 0.321. The molecule has 0 saturated carbocycles. The quantitative estimate of drug-likeness (QED) is 0.369. The molecule has 1 atom stereocenters. The second-order valence-electron chi connectivity index (χ2n) is 9.41. The average molecular weight is 535 g/mol. The van der Waals surface area contributed by atoms with E-state index in [-0.39, 0.29) is 23.5 Å². The molecule has 1 aliphatic heterocycles. The molecule has 1 fully saturated rings. The summed E-state index contributed by atoms with van der Waals surface area (Å²) in [5.41, 5.74) is 4.60. The number of pyridine rings is 1. The molecule has 1 aliphatic rings. The van der Waals surface area contributed by atoms with E-state index in [1.54, 1.807) is 37.1 Å². The van der Waals surface area contributed by atoms with Crippen LogP contribution in [0, 0.1) is 6.92 Å². The van der Waals surface area contributed by atoms with Crippen LogP contribution in [0.5, 0.6) is 11.5 Å². The van der Waals surface area contributed by atoms with Gasteiger partial charge >= 0.3 is 0 Å². The first kappa shape index (κ1) is 25.7. The van der Waals surface area contributed by atoms with Crippen LogP contribution in [0.15, 0.2) is 48.5 Å². The summed E-state index contributed by atoms with van der Waals surface area (Å²) in [7, 11) is -0.0340. The summed E-state index contributed by atoms with van der Waals surface area (Å²) in [6.07, 6.45) is 1.36. The Labute approximate surface area is 221 Å². The molecule has 3 heterocycles. The lowest BCUT2D eigenvalue weighted by atomic mass is 10.0. The number of aromatic nitrogens is 3. The van der Waals surface area contributed by atoms with Crippen molar-refractivity contribution in [3.8, 4) is 22.8 Å². The minimum atomic E-state index is -3.15. The van der Waals surface area contributed by atoms with Gasteiger partial charge in [-0.25, -0.2) is 18.1 Å². The molecule has 0 bridgehead atoms. The smallest absolute Gasteiger partial charge is 0.256 e. The van der Waals surface area contributed by atoms with E-state index in [0.717, 1.165) is 12.0 Å². The van der Waals surface area contributed by atoms with Gasteiger partial charge in [0.25, 0.3) is 5.91 Å². The SMILES string of the molecule is CCc1ccc(NC(=O)c2cc(-c3ccc(OC)c(OC)c3)nc3c2c(C)nn3C2CCS(=O)(=O)C2)cc1. The molecular formula is C28H30N4O5S. The lowest BCUT2D eigenvalue weighted by Crippen LogP contribution is -2.15. The number of methoxy groups -OCH3 is 2. The van der Waals surface area contributed by atoms with Crippen LogP contribution >= 0.6 is 0 Å². The van der Waals surface area contributed by atoms with Gasteiger partial charge in [0.05, 0.1) is 54.1 Å². The van der Waals surface area contributed by atoms with E-state index in [9.17, 15) is 13.2 Å². The number of fused-ring (bicyclic) bond motifs is 1. The lowest BCUT2D eigenvalue weighted by Gasteiger charge is -2.14. The van der Waals surface area contributed by atoms with Gasteiger partial charge in [0.1, 0.15) is 0 Å². The van der Waals surface area contributed by atoms with Crippen molar-refractivity contribution in [1.82, 2.24) is 14.8 Å². The molecule has 1 amide bonds. The molecule has 2 aromatic heterocycles. The Hall–Kier alpha value is -3.92. The van der Waals surface area contributed by atoms with Crippen molar-refractivity contribution >= 4 is 32.5 Å². The zero-order valence-corrected chi connectivity index (χ0v) is 22.6. The lowest BCUT2D eigenvalue weighted by molar-refractivity contribution is 0.102. The Morgan fingerprint density at radius 3 is 2.45 bits per heavy atom. The van der Waals surface area contributed by atoms with Crippen LogP contribution in [0.25, 0.3) is 22.3 Å². The molecule has 1 unspecified atom stereocenters. The predicted octanol–water partition coefficient (Wildman–Crippen LogP) is 4.60. The topological polar surface area (TPSA) is 112 Å². The first-order valence-electron chi connectivity index (χ1n) is 12.5. The summed E-state index contributed by atoms with van der Waals surface area (Å²) < 4.78 is 37.0. The molecule has 198 valence electrons. The number of nitrogens with zero attached hydrogens (tertiary/aromatic N) is 3. The molecule has 0 aliphatic carbocycles. The molecule has 0 radical (unpaired) electrons. The maximum atomic E-state index is 13.7. The van der Waals surface area contributed by atoms with Crippen LogP contribution < -0.4 is 14.8 Å².